The number of pyridine rings is 1. The second kappa shape index (κ2) is 9.21. The first-order valence-corrected chi connectivity index (χ1v) is 9.71. The minimum atomic E-state index is -1.17. The minimum absolute atomic E-state index is 0.0974. The van der Waals surface area contributed by atoms with Crippen LogP contribution in [0.1, 0.15) is 17.0 Å². The van der Waals surface area contributed by atoms with Gasteiger partial charge in [-0.3, -0.25) is 14.7 Å². The molecule has 2 heterocycles. The Morgan fingerprint density at radius 1 is 1.26 bits per heavy atom. The van der Waals surface area contributed by atoms with Crippen LogP contribution in [0.4, 0.5) is 19.4 Å². The largest absolute Gasteiger partial charge is 0.487 e. The van der Waals surface area contributed by atoms with Crippen molar-refractivity contribution < 1.29 is 23.4 Å². The number of nitrogens with zero attached hydrogens (tertiary/aromatic N) is 4. The number of hydrogen-bond donors (Lipinski definition) is 1. The smallest absolute Gasteiger partial charge is 0.412 e. The number of carboxylic acid groups (broad SMARTS) is 1. The Bertz CT molecular complexity index is 1190. The highest BCUT2D eigenvalue weighted by Crippen LogP contribution is 2.24. The van der Waals surface area contributed by atoms with E-state index in [1.807, 2.05) is 0 Å². The number of benzene rings is 1. The first kappa shape index (κ1) is 22.3. The lowest BCUT2D eigenvalue weighted by Crippen LogP contribution is -2.26. The molecule has 0 aliphatic carbocycles. The highest BCUT2D eigenvalue weighted by atomic mass is 79.9. The Balaban J connectivity index is 1.79. The SMILES string of the molecule is Cc1cc(OCc2ccc(F)cc2F)c(Br)c(=O)n1Cc1cnc(N(C)C(=O)O)cn1. The van der Waals surface area contributed by atoms with E-state index >= 15 is 0 Å². The normalized spacial score (nSPS) is 10.7. The average molecular weight is 495 g/mol. The number of carbonyl (C=O) groups is 1. The van der Waals surface area contributed by atoms with Gasteiger partial charge in [0.2, 0.25) is 0 Å². The van der Waals surface area contributed by atoms with E-state index in [9.17, 15) is 18.4 Å². The van der Waals surface area contributed by atoms with Crippen LogP contribution in [0.3, 0.4) is 0 Å². The van der Waals surface area contributed by atoms with Gasteiger partial charge in [-0.1, -0.05) is 0 Å². The van der Waals surface area contributed by atoms with Gasteiger partial charge in [-0.25, -0.2) is 18.6 Å². The van der Waals surface area contributed by atoms with E-state index < -0.39 is 23.3 Å². The fourth-order valence-corrected chi connectivity index (χ4v) is 3.12. The maximum Gasteiger partial charge on any atom is 0.412 e. The molecule has 1 aromatic carbocycles. The lowest BCUT2D eigenvalue weighted by atomic mass is 10.2. The van der Waals surface area contributed by atoms with Crippen molar-refractivity contribution >= 4 is 27.8 Å². The molecule has 3 aromatic rings. The molecule has 0 spiro atoms. The summed E-state index contributed by atoms with van der Waals surface area (Å²) < 4.78 is 34.0. The van der Waals surface area contributed by atoms with Crippen LogP contribution in [0.2, 0.25) is 0 Å². The molecule has 0 unspecified atom stereocenters. The predicted molar refractivity (Wildman–Crippen MR) is 111 cm³/mol. The summed E-state index contributed by atoms with van der Waals surface area (Å²) in [6.07, 6.45) is 1.51. The van der Waals surface area contributed by atoms with Crippen LogP contribution in [-0.4, -0.2) is 32.8 Å². The molecule has 0 aliphatic rings. The highest BCUT2D eigenvalue weighted by molar-refractivity contribution is 9.10. The van der Waals surface area contributed by atoms with Crippen molar-refractivity contribution in [1.82, 2.24) is 14.5 Å². The maximum absolute atomic E-state index is 13.8. The van der Waals surface area contributed by atoms with E-state index in [2.05, 4.69) is 25.9 Å². The molecule has 3 rings (SSSR count). The van der Waals surface area contributed by atoms with Crippen LogP contribution in [0, 0.1) is 18.6 Å². The van der Waals surface area contributed by atoms with Crippen molar-refractivity contribution in [2.45, 2.75) is 20.1 Å². The molecule has 162 valence electrons. The standard InChI is InChI=1S/C20H17BrF2N4O4/c1-11-5-16(31-10-12-3-4-13(22)6-15(12)23)18(21)19(28)27(11)9-14-7-25-17(8-24-14)26(2)20(29)30/h3-8H,9-10H2,1-2H3,(H,29,30). The van der Waals surface area contributed by atoms with Crippen LogP contribution >= 0.6 is 15.9 Å². The summed E-state index contributed by atoms with van der Waals surface area (Å²) in [5.74, 6) is -1.06. The van der Waals surface area contributed by atoms with Crippen molar-refractivity contribution in [1.29, 1.82) is 0 Å². The Morgan fingerprint density at radius 2 is 2.00 bits per heavy atom. The summed E-state index contributed by atoms with van der Waals surface area (Å²) >= 11 is 3.21. The predicted octanol–water partition coefficient (Wildman–Crippen LogP) is 3.73. The number of hydrogen-bond acceptors (Lipinski definition) is 5. The highest BCUT2D eigenvalue weighted by Gasteiger charge is 2.15. The van der Waals surface area contributed by atoms with Gasteiger partial charge in [0.05, 0.1) is 24.6 Å². The molecule has 2 aromatic heterocycles. The molecule has 0 bridgehead atoms. The van der Waals surface area contributed by atoms with Crippen molar-refractivity contribution in [3.63, 3.8) is 0 Å². The molecule has 0 aliphatic heterocycles. The molecule has 11 heteroatoms. The van der Waals surface area contributed by atoms with Gasteiger partial charge in [0.15, 0.2) is 5.82 Å². The summed E-state index contributed by atoms with van der Waals surface area (Å²) in [6.45, 7) is 1.61. The van der Waals surface area contributed by atoms with Crippen molar-refractivity contribution in [2.75, 3.05) is 11.9 Å². The Kier molecular flexibility index (Phi) is 6.64. The molecule has 0 saturated heterocycles. The molecule has 0 atom stereocenters. The average Bonchev–Trinajstić information content (AvgIpc) is 2.73. The van der Waals surface area contributed by atoms with Crippen molar-refractivity contribution in [2.24, 2.45) is 0 Å². The van der Waals surface area contributed by atoms with E-state index in [0.717, 1.165) is 17.0 Å². The Hall–Kier alpha value is -3.34. The molecule has 0 saturated carbocycles. The van der Waals surface area contributed by atoms with Crippen molar-refractivity contribution in [3.05, 3.63) is 80.1 Å². The van der Waals surface area contributed by atoms with E-state index in [0.29, 0.717) is 11.4 Å². The number of ether oxygens (including phenoxy) is 1. The van der Waals surface area contributed by atoms with Gasteiger partial charge in [-0.15, -0.1) is 0 Å². The molecule has 0 fully saturated rings. The third-order valence-electron chi connectivity index (χ3n) is 4.46. The quantitative estimate of drug-likeness (QED) is 0.560. The molecule has 8 nitrogen and oxygen atoms in total. The third kappa shape index (κ3) is 5.05. The molecule has 0 radical (unpaired) electrons. The van der Waals surface area contributed by atoms with Crippen LogP contribution in [-0.2, 0) is 13.2 Å². The van der Waals surface area contributed by atoms with Gasteiger partial charge >= 0.3 is 6.09 Å². The van der Waals surface area contributed by atoms with Crippen LogP contribution < -0.4 is 15.2 Å². The van der Waals surface area contributed by atoms with E-state index in [4.69, 9.17) is 9.84 Å². The zero-order valence-corrected chi connectivity index (χ0v) is 18.1. The summed E-state index contributed by atoms with van der Waals surface area (Å²) in [7, 11) is 1.34. The van der Waals surface area contributed by atoms with E-state index in [1.165, 1.54) is 30.1 Å². The second-order valence-corrected chi connectivity index (χ2v) is 7.38. The number of halogens is 3. The van der Waals surface area contributed by atoms with Gasteiger partial charge in [0, 0.05) is 30.4 Å². The maximum atomic E-state index is 13.8. The molecule has 1 N–H and O–H groups in total. The van der Waals surface area contributed by atoms with Crippen LogP contribution in [0.5, 0.6) is 5.75 Å². The van der Waals surface area contributed by atoms with Gasteiger partial charge < -0.3 is 14.4 Å². The van der Waals surface area contributed by atoms with E-state index in [-0.39, 0.29) is 34.8 Å². The van der Waals surface area contributed by atoms with Gasteiger partial charge in [-0.2, -0.15) is 0 Å². The topological polar surface area (TPSA) is 97.6 Å². The number of rotatable bonds is 6. The lowest BCUT2D eigenvalue weighted by molar-refractivity contribution is 0.203. The van der Waals surface area contributed by atoms with Gasteiger partial charge in [0.25, 0.3) is 5.56 Å². The number of amides is 1. The molecule has 1 amide bonds. The first-order valence-electron chi connectivity index (χ1n) is 8.91. The summed E-state index contributed by atoms with van der Waals surface area (Å²) in [4.78, 5) is 32.9. The zero-order valence-electron chi connectivity index (χ0n) is 16.5. The Labute approximate surface area is 183 Å². The summed E-state index contributed by atoms with van der Waals surface area (Å²) in [5, 5.41) is 8.97. The molecule has 31 heavy (non-hydrogen) atoms. The number of anilines is 1. The fraction of sp³-hybridized carbons (Fsp3) is 0.200. The summed E-state index contributed by atoms with van der Waals surface area (Å²) in [5.41, 5.74) is 0.748. The summed E-state index contributed by atoms with van der Waals surface area (Å²) in [6, 6.07) is 4.77. The van der Waals surface area contributed by atoms with Crippen molar-refractivity contribution in [3.8, 4) is 5.75 Å². The number of aromatic nitrogens is 3. The Morgan fingerprint density at radius 3 is 2.61 bits per heavy atom. The fourth-order valence-electron chi connectivity index (χ4n) is 2.67. The third-order valence-corrected chi connectivity index (χ3v) is 5.19. The molecular weight excluding hydrogens is 478 g/mol. The zero-order chi connectivity index (χ0) is 22.7. The molecular formula is C20H17BrF2N4O4. The van der Waals surface area contributed by atoms with Crippen LogP contribution in [0.15, 0.2) is 45.9 Å². The van der Waals surface area contributed by atoms with Gasteiger partial charge in [-0.05, 0) is 35.0 Å². The van der Waals surface area contributed by atoms with Crippen LogP contribution in [0.25, 0.3) is 0 Å². The van der Waals surface area contributed by atoms with Gasteiger partial charge in [0.1, 0.15) is 28.5 Å². The lowest BCUT2D eigenvalue weighted by Gasteiger charge is -2.15. The minimum Gasteiger partial charge on any atom is -0.487 e. The second-order valence-electron chi connectivity index (χ2n) is 6.59. The monoisotopic (exact) mass is 494 g/mol. The first-order chi connectivity index (χ1) is 14.7. The van der Waals surface area contributed by atoms with E-state index in [1.54, 1.807) is 13.0 Å². The number of aryl methyl sites for hydroxylation is 1.